The Morgan fingerprint density at radius 1 is 1.25 bits per heavy atom. The SMILES string of the molecule is CC(C)(C)c1nc(Br)c2c(N3CCNCC3)cccn12. The molecule has 2 aromatic rings. The minimum atomic E-state index is 0.0248. The summed E-state index contributed by atoms with van der Waals surface area (Å²) in [4.78, 5) is 7.19. The molecule has 5 heteroatoms. The fourth-order valence-corrected chi connectivity index (χ4v) is 3.33. The third-order valence-corrected chi connectivity index (χ3v) is 4.28. The van der Waals surface area contributed by atoms with Crippen molar-refractivity contribution in [3.05, 3.63) is 28.8 Å². The Bertz CT molecular complexity index is 621. The molecule has 1 aliphatic heterocycles. The van der Waals surface area contributed by atoms with Gasteiger partial charge in [-0.1, -0.05) is 20.8 Å². The third-order valence-electron chi connectivity index (χ3n) is 3.73. The summed E-state index contributed by atoms with van der Waals surface area (Å²) >= 11 is 3.65. The maximum Gasteiger partial charge on any atom is 0.134 e. The topological polar surface area (TPSA) is 32.6 Å². The van der Waals surface area contributed by atoms with Crippen molar-refractivity contribution < 1.29 is 0 Å². The molecule has 4 nitrogen and oxygen atoms in total. The monoisotopic (exact) mass is 336 g/mol. The lowest BCUT2D eigenvalue weighted by atomic mass is 9.96. The molecule has 0 atom stereocenters. The zero-order valence-electron chi connectivity index (χ0n) is 12.3. The summed E-state index contributed by atoms with van der Waals surface area (Å²) in [6.07, 6.45) is 2.11. The predicted molar refractivity (Wildman–Crippen MR) is 86.7 cm³/mol. The molecule has 0 radical (unpaired) electrons. The van der Waals surface area contributed by atoms with Gasteiger partial charge in [0.25, 0.3) is 0 Å². The van der Waals surface area contributed by atoms with Crippen LogP contribution in [0.1, 0.15) is 26.6 Å². The Balaban J connectivity index is 2.17. The number of nitrogens with zero attached hydrogens (tertiary/aromatic N) is 3. The Morgan fingerprint density at radius 2 is 1.95 bits per heavy atom. The first-order valence-electron chi connectivity index (χ1n) is 7.11. The second-order valence-electron chi connectivity index (χ2n) is 6.33. The largest absolute Gasteiger partial charge is 0.367 e. The maximum absolute atomic E-state index is 4.75. The van der Waals surface area contributed by atoms with Crippen LogP contribution >= 0.6 is 15.9 Å². The molecule has 0 unspecified atom stereocenters. The molecule has 1 N–H and O–H groups in total. The number of pyridine rings is 1. The molecule has 3 heterocycles. The quantitative estimate of drug-likeness (QED) is 0.869. The second kappa shape index (κ2) is 5.04. The van der Waals surface area contributed by atoms with Gasteiger partial charge in [-0.2, -0.15) is 0 Å². The number of rotatable bonds is 1. The summed E-state index contributed by atoms with van der Waals surface area (Å²) in [6.45, 7) is 10.8. The van der Waals surface area contributed by atoms with Crippen LogP contribution in [0.3, 0.4) is 0 Å². The van der Waals surface area contributed by atoms with Crippen LogP contribution in [-0.2, 0) is 5.41 Å². The van der Waals surface area contributed by atoms with Crippen LogP contribution < -0.4 is 10.2 Å². The lowest BCUT2D eigenvalue weighted by molar-refractivity contribution is 0.542. The first-order valence-corrected chi connectivity index (χ1v) is 7.90. The molecule has 1 fully saturated rings. The molecule has 108 valence electrons. The van der Waals surface area contributed by atoms with E-state index in [1.165, 1.54) is 11.2 Å². The minimum Gasteiger partial charge on any atom is -0.367 e. The summed E-state index contributed by atoms with van der Waals surface area (Å²) in [5, 5.41) is 3.40. The first kappa shape index (κ1) is 13.9. The molecule has 0 amide bonds. The van der Waals surface area contributed by atoms with E-state index >= 15 is 0 Å². The van der Waals surface area contributed by atoms with E-state index in [2.05, 4.69) is 69.6 Å². The van der Waals surface area contributed by atoms with Gasteiger partial charge < -0.3 is 14.6 Å². The van der Waals surface area contributed by atoms with Crippen LogP contribution in [-0.4, -0.2) is 35.6 Å². The number of hydrogen-bond acceptors (Lipinski definition) is 3. The molecular weight excluding hydrogens is 316 g/mol. The summed E-state index contributed by atoms with van der Waals surface area (Å²) in [5.74, 6) is 1.09. The molecule has 0 aromatic carbocycles. The molecular formula is C15H21BrN4. The van der Waals surface area contributed by atoms with Crippen LogP contribution in [0.5, 0.6) is 0 Å². The number of nitrogens with one attached hydrogen (secondary N) is 1. The van der Waals surface area contributed by atoms with E-state index in [0.717, 1.165) is 36.6 Å². The molecule has 3 rings (SSSR count). The standard InChI is InChI=1S/C15H21BrN4/c1-15(2,3)14-18-13(16)12-11(5-4-8-20(12)14)19-9-6-17-7-10-19/h4-5,8,17H,6-7,9-10H2,1-3H3. The Labute approximate surface area is 128 Å². The van der Waals surface area contributed by atoms with Gasteiger partial charge in [0.15, 0.2) is 0 Å². The van der Waals surface area contributed by atoms with Crippen LogP contribution in [0, 0.1) is 0 Å². The summed E-state index contributed by atoms with van der Waals surface area (Å²) < 4.78 is 3.16. The lowest BCUT2D eigenvalue weighted by Gasteiger charge is -2.30. The molecule has 0 aliphatic carbocycles. The van der Waals surface area contributed by atoms with E-state index < -0.39 is 0 Å². The fourth-order valence-electron chi connectivity index (χ4n) is 2.77. The van der Waals surface area contributed by atoms with Crippen LogP contribution in [0.2, 0.25) is 0 Å². The highest BCUT2D eigenvalue weighted by Gasteiger charge is 2.24. The van der Waals surface area contributed by atoms with E-state index in [4.69, 9.17) is 4.98 Å². The van der Waals surface area contributed by atoms with E-state index in [-0.39, 0.29) is 5.41 Å². The minimum absolute atomic E-state index is 0.0248. The third kappa shape index (κ3) is 2.33. The number of aromatic nitrogens is 2. The van der Waals surface area contributed by atoms with Crippen molar-refractivity contribution in [2.24, 2.45) is 0 Å². The van der Waals surface area contributed by atoms with Gasteiger partial charge in [0.1, 0.15) is 15.9 Å². The lowest BCUT2D eigenvalue weighted by Crippen LogP contribution is -2.43. The van der Waals surface area contributed by atoms with Crippen molar-refractivity contribution in [2.75, 3.05) is 31.1 Å². The summed E-state index contributed by atoms with van der Waals surface area (Å²) in [5.41, 5.74) is 2.47. The Hall–Kier alpha value is -1.07. The van der Waals surface area contributed by atoms with Gasteiger partial charge in [0.2, 0.25) is 0 Å². The highest BCUT2D eigenvalue weighted by atomic mass is 79.9. The van der Waals surface area contributed by atoms with Crippen molar-refractivity contribution in [3.63, 3.8) is 0 Å². The van der Waals surface area contributed by atoms with Gasteiger partial charge in [-0.15, -0.1) is 0 Å². The van der Waals surface area contributed by atoms with E-state index in [1.54, 1.807) is 0 Å². The smallest absolute Gasteiger partial charge is 0.134 e. The zero-order valence-corrected chi connectivity index (χ0v) is 13.9. The average Bonchev–Trinajstić information content (AvgIpc) is 2.77. The maximum atomic E-state index is 4.75. The van der Waals surface area contributed by atoms with Gasteiger partial charge in [0.05, 0.1) is 5.69 Å². The summed E-state index contributed by atoms with van der Waals surface area (Å²) in [6, 6.07) is 4.31. The molecule has 2 aromatic heterocycles. The van der Waals surface area contributed by atoms with E-state index in [0.29, 0.717) is 0 Å². The van der Waals surface area contributed by atoms with Crippen molar-refractivity contribution in [1.82, 2.24) is 14.7 Å². The van der Waals surface area contributed by atoms with Crippen molar-refractivity contribution in [2.45, 2.75) is 26.2 Å². The highest BCUT2D eigenvalue weighted by molar-refractivity contribution is 9.10. The van der Waals surface area contributed by atoms with Gasteiger partial charge in [-0.05, 0) is 28.1 Å². The first-order chi connectivity index (χ1) is 9.48. The van der Waals surface area contributed by atoms with Gasteiger partial charge >= 0.3 is 0 Å². The number of halogens is 1. The van der Waals surface area contributed by atoms with Gasteiger partial charge in [0, 0.05) is 37.8 Å². The van der Waals surface area contributed by atoms with Crippen LogP contribution in [0.4, 0.5) is 5.69 Å². The Morgan fingerprint density at radius 3 is 2.60 bits per heavy atom. The fraction of sp³-hybridized carbons (Fsp3) is 0.533. The van der Waals surface area contributed by atoms with E-state index in [1.807, 2.05) is 0 Å². The highest BCUT2D eigenvalue weighted by Crippen LogP contribution is 2.33. The Kier molecular flexibility index (Phi) is 3.50. The molecule has 0 spiro atoms. The zero-order chi connectivity index (χ0) is 14.3. The van der Waals surface area contributed by atoms with Gasteiger partial charge in [-0.25, -0.2) is 4.98 Å². The number of imidazole rings is 1. The molecule has 1 aliphatic rings. The predicted octanol–water partition coefficient (Wildman–Crippen LogP) is 2.80. The van der Waals surface area contributed by atoms with Gasteiger partial charge in [-0.3, -0.25) is 0 Å². The number of anilines is 1. The van der Waals surface area contributed by atoms with Crippen molar-refractivity contribution in [1.29, 1.82) is 0 Å². The van der Waals surface area contributed by atoms with E-state index in [9.17, 15) is 0 Å². The van der Waals surface area contributed by atoms with Crippen molar-refractivity contribution >= 4 is 27.1 Å². The average molecular weight is 337 g/mol. The molecule has 0 bridgehead atoms. The number of hydrogen-bond donors (Lipinski definition) is 1. The number of fused-ring (bicyclic) bond motifs is 1. The van der Waals surface area contributed by atoms with Crippen molar-refractivity contribution in [3.8, 4) is 0 Å². The molecule has 1 saturated heterocycles. The second-order valence-corrected chi connectivity index (χ2v) is 7.08. The van der Waals surface area contributed by atoms with Crippen LogP contribution in [0.15, 0.2) is 22.9 Å². The number of piperazine rings is 1. The summed E-state index contributed by atoms with van der Waals surface area (Å²) in [7, 11) is 0. The molecule has 0 saturated carbocycles. The normalized spacial score (nSPS) is 16.9. The molecule has 20 heavy (non-hydrogen) atoms. The van der Waals surface area contributed by atoms with Crippen LogP contribution in [0.25, 0.3) is 5.52 Å².